The number of hydrogen-bond acceptors (Lipinski definition) is 3. The first-order chi connectivity index (χ1) is 28.2. The Morgan fingerprint density at radius 2 is 0.772 bits per heavy atom. The van der Waals surface area contributed by atoms with Gasteiger partial charge in [0, 0.05) is 6.42 Å². The number of nitrogens with one attached hydrogen (secondary N) is 1. The zero-order valence-electron chi connectivity index (χ0n) is 37.6. The minimum Gasteiger partial charge on any atom is -0.394 e. The van der Waals surface area contributed by atoms with Crippen LogP contribution in [0.1, 0.15) is 226 Å². The standard InChI is InChI=1S/C53H93NO3/c1-3-5-7-9-11-12-13-14-15-16-17-18-19-20-21-22-23-24-25-26-27-28-29-30-31-32-33-34-35-36-37-38-39-40-41-42-43-45-47-49-53(57)54-51(50-55)52(56)48-46-44-10-8-6-4-2/h5,7,11-12,14-15,17-18,20-21,23-24,46,48,51-52,55-56H,3-4,6,8-10,13,16,19,22,25-45,47,49-50H2,1-2H3,(H,54,57)/b7-5-,12-11-,15-14-,18-17-,21-20-,24-23-,48-46+. The van der Waals surface area contributed by atoms with E-state index >= 15 is 0 Å². The second-order valence-electron chi connectivity index (χ2n) is 16.1. The summed E-state index contributed by atoms with van der Waals surface area (Å²) < 4.78 is 0. The predicted octanol–water partition coefficient (Wildman–Crippen LogP) is 15.6. The number of aliphatic hydroxyl groups excluding tert-OH is 2. The molecule has 328 valence electrons. The van der Waals surface area contributed by atoms with E-state index in [9.17, 15) is 15.0 Å². The average Bonchev–Trinajstić information content (AvgIpc) is 3.22. The molecule has 4 heteroatoms. The van der Waals surface area contributed by atoms with Gasteiger partial charge in [0.05, 0.1) is 18.8 Å². The minimum atomic E-state index is -0.836. The maximum atomic E-state index is 12.3. The summed E-state index contributed by atoms with van der Waals surface area (Å²) in [4.78, 5) is 12.3. The number of carbonyl (C=O) groups is 1. The van der Waals surface area contributed by atoms with Gasteiger partial charge in [0.1, 0.15) is 0 Å². The normalized spacial score (nSPS) is 13.7. The summed E-state index contributed by atoms with van der Waals surface area (Å²) >= 11 is 0. The lowest BCUT2D eigenvalue weighted by atomic mass is 10.0. The van der Waals surface area contributed by atoms with Gasteiger partial charge in [0.2, 0.25) is 5.91 Å². The Morgan fingerprint density at radius 1 is 0.439 bits per heavy atom. The van der Waals surface area contributed by atoms with Crippen LogP contribution in [0.5, 0.6) is 0 Å². The van der Waals surface area contributed by atoms with Gasteiger partial charge in [-0.15, -0.1) is 0 Å². The van der Waals surface area contributed by atoms with Crippen LogP contribution in [0.3, 0.4) is 0 Å². The van der Waals surface area contributed by atoms with Crippen molar-refractivity contribution in [3.63, 3.8) is 0 Å². The zero-order valence-corrected chi connectivity index (χ0v) is 37.6. The molecule has 2 unspecified atom stereocenters. The van der Waals surface area contributed by atoms with Crippen LogP contribution in [0, 0.1) is 0 Å². The Bertz CT molecular complexity index is 1030. The fourth-order valence-electron chi connectivity index (χ4n) is 6.95. The summed E-state index contributed by atoms with van der Waals surface area (Å²) in [6.07, 6.45) is 70.4. The van der Waals surface area contributed by atoms with E-state index in [1.165, 1.54) is 141 Å². The molecule has 2 atom stereocenters. The number of rotatable bonds is 43. The lowest BCUT2D eigenvalue weighted by Gasteiger charge is -2.20. The SMILES string of the molecule is CC/C=C\C/C=C\C/C=C\C/C=C\C/C=C\C/C=C\CCCCCCCCCCCCCCCCCCCCCCC(=O)NC(CO)C(O)/C=C/CCCCCC. The largest absolute Gasteiger partial charge is 0.394 e. The van der Waals surface area contributed by atoms with Gasteiger partial charge in [-0.1, -0.05) is 234 Å². The highest BCUT2D eigenvalue weighted by Crippen LogP contribution is 2.16. The molecule has 4 nitrogen and oxygen atoms in total. The lowest BCUT2D eigenvalue weighted by molar-refractivity contribution is -0.123. The van der Waals surface area contributed by atoms with E-state index in [-0.39, 0.29) is 12.5 Å². The monoisotopic (exact) mass is 792 g/mol. The third-order valence-electron chi connectivity index (χ3n) is 10.6. The van der Waals surface area contributed by atoms with Crippen molar-refractivity contribution in [2.75, 3.05) is 6.61 Å². The lowest BCUT2D eigenvalue weighted by Crippen LogP contribution is -2.45. The van der Waals surface area contributed by atoms with Gasteiger partial charge >= 0.3 is 0 Å². The van der Waals surface area contributed by atoms with Crippen LogP contribution >= 0.6 is 0 Å². The highest BCUT2D eigenvalue weighted by molar-refractivity contribution is 5.76. The molecule has 0 saturated carbocycles. The molecule has 0 aliphatic heterocycles. The summed E-state index contributed by atoms with van der Waals surface area (Å²) in [6.45, 7) is 4.11. The molecule has 0 aromatic rings. The first kappa shape index (κ1) is 54.6. The second kappa shape index (κ2) is 47.9. The van der Waals surface area contributed by atoms with E-state index < -0.39 is 12.1 Å². The Hall–Kier alpha value is -2.43. The summed E-state index contributed by atoms with van der Waals surface area (Å²) in [7, 11) is 0. The van der Waals surface area contributed by atoms with Crippen molar-refractivity contribution in [1.82, 2.24) is 5.32 Å². The number of allylic oxidation sites excluding steroid dienone is 13. The molecule has 0 radical (unpaired) electrons. The van der Waals surface area contributed by atoms with E-state index in [0.717, 1.165) is 64.2 Å². The third-order valence-corrected chi connectivity index (χ3v) is 10.6. The smallest absolute Gasteiger partial charge is 0.220 e. The topological polar surface area (TPSA) is 69.6 Å². The van der Waals surface area contributed by atoms with Gasteiger partial charge in [-0.3, -0.25) is 4.79 Å². The van der Waals surface area contributed by atoms with Crippen molar-refractivity contribution in [2.45, 2.75) is 238 Å². The van der Waals surface area contributed by atoms with E-state index in [0.29, 0.717) is 6.42 Å². The predicted molar refractivity (Wildman–Crippen MR) is 253 cm³/mol. The van der Waals surface area contributed by atoms with Crippen molar-refractivity contribution < 1.29 is 15.0 Å². The molecule has 3 N–H and O–H groups in total. The molecular formula is C53H93NO3. The molecule has 0 saturated heterocycles. The van der Waals surface area contributed by atoms with Crippen molar-refractivity contribution >= 4 is 5.91 Å². The van der Waals surface area contributed by atoms with Gasteiger partial charge in [0.25, 0.3) is 0 Å². The van der Waals surface area contributed by atoms with Gasteiger partial charge in [-0.05, 0) is 70.6 Å². The summed E-state index contributed by atoms with van der Waals surface area (Å²) in [5.41, 5.74) is 0. The molecule has 0 aromatic carbocycles. The van der Waals surface area contributed by atoms with Crippen LogP contribution in [0.2, 0.25) is 0 Å². The Labute approximate surface area is 354 Å². The molecule has 0 fully saturated rings. The summed E-state index contributed by atoms with van der Waals surface area (Å²) in [6, 6.07) is -0.619. The molecular weight excluding hydrogens is 699 g/mol. The molecule has 0 spiro atoms. The van der Waals surface area contributed by atoms with E-state index in [1.807, 2.05) is 6.08 Å². The third kappa shape index (κ3) is 44.5. The highest BCUT2D eigenvalue weighted by atomic mass is 16.3. The van der Waals surface area contributed by atoms with Crippen molar-refractivity contribution in [2.24, 2.45) is 0 Å². The van der Waals surface area contributed by atoms with Gasteiger partial charge in [-0.2, -0.15) is 0 Å². The molecule has 1 amide bonds. The van der Waals surface area contributed by atoms with E-state index in [1.54, 1.807) is 6.08 Å². The van der Waals surface area contributed by atoms with Gasteiger partial charge in [0.15, 0.2) is 0 Å². The summed E-state index contributed by atoms with van der Waals surface area (Å²) in [5, 5.41) is 22.7. The number of hydrogen-bond donors (Lipinski definition) is 3. The fourth-order valence-corrected chi connectivity index (χ4v) is 6.95. The molecule has 0 aliphatic rings. The Balaban J connectivity index is 3.41. The number of unbranched alkanes of at least 4 members (excludes halogenated alkanes) is 24. The van der Waals surface area contributed by atoms with Crippen molar-refractivity contribution in [1.29, 1.82) is 0 Å². The fraction of sp³-hybridized carbons (Fsp3) is 0.717. The molecule has 0 bridgehead atoms. The second-order valence-corrected chi connectivity index (χ2v) is 16.1. The van der Waals surface area contributed by atoms with Crippen molar-refractivity contribution in [3.8, 4) is 0 Å². The van der Waals surface area contributed by atoms with Crippen LogP contribution in [-0.4, -0.2) is 34.9 Å². The number of aliphatic hydroxyl groups is 2. The van der Waals surface area contributed by atoms with Crippen LogP contribution < -0.4 is 5.32 Å². The first-order valence-corrected chi connectivity index (χ1v) is 24.3. The summed E-state index contributed by atoms with van der Waals surface area (Å²) in [5.74, 6) is -0.0702. The zero-order chi connectivity index (χ0) is 41.4. The van der Waals surface area contributed by atoms with E-state index in [2.05, 4.69) is 92.1 Å². The Kier molecular flexibility index (Phi) is 45.9. The quantitative estimate of drug-likeness (QED) is 0.0425. The van der Waals surface area contributed by atoms with Crippen LogP contribution in [0.25, 0.3) is 0 Å². The van der Waals surface area contributed by atoms with Crippen molar-refractivity contribution in [3.05, 3.63) is 85.1 Å². The number of carbonyl (C=O) groups excluding carboxylic acids is 1. The van der Waals surface area contributed by atoms with Gasteiger partial charge in [-0.25, -0.2) is 0 Å². The minimum absolute atomic E-state index is 0.0702. The maximum Gasteiger partial charge on any atom is 0.220 e. The Morgan fingerprint density at radius 3 is 1.16 bits per heavy atom. The highest BCUT2D eigenvalue weighted by Gasteiger charge is 2.17. The van der Waals surface area contributed by atoms with Crippen LogP contribution in [-0.2, 0) is 4.79 Å². The van der Waals surface area contributed by atoms with Crippen LogP contribution in [0.4, 0.5) is 0 Å². The van der Waals surface area contributed by atoms with E-state index in [4.69, 9.17) is 0 Å². The number of amides is 1. The maximum absolute atomic E-state index is 12.3. The molecule has 0 aromatic heterocycles. The molecule has 0 rings (SSSR count). The van der Waals surface area contributed by atoms with Crippen LogP contribution in [0.15, 0.2) is 85.1 Å². The average molecular weight is 792 g/mol. The molecule has 0 aliphatic carbocycles. The van der Waals surface area contributed by atoms with Gasteiger partial charge < -0.3 is 15.5 Å². The first-order valence-electron chi connectivity index (χ1n) is 24.3. The molecule has 57 heavy (non-hydrogen) atoms. The molecule has 0 heterocycles.